The van der Waals surface area contributed by atoms with Crippen molar-refractivity contribution in [2.24, 2.45) is 5.92 Å². The topological polar surface area (TPSA) is 69.7 Å². The average molecular weight is 373 g/mol. The first kappa shape index (κ1) is 17.5. The lowest BCUT2D eigenvalue weighted by atomic mass is 10.00. The van der Waals surface area contributed by atoms with Crippen LogP contribution in [0.4, 0.5) is 5.69 Å². The highest BCUT2D eigenvalue weighted by Crippen LogP contribution is 2.40. The number of nitrogens with one attached hydrogen (secondary N) is 1. The van der Waals surface area contributed by atoms with Crippen molar-refractivity contribution >= 4 is 32.4 Å². The molecular weight excluding hydrogens is 350 g/mol. The van der Waals surface area contributed by atoms with E-state index in [9.17, 15) is 13.2 Å². The van der Waals surface area contributed by atoms with Crippen LogP contribution in [0, 0.1) is 5.92 Å². The molecule has 2 aliphatic heterocycles. The van der Waals surface area contributed by atoms with Crippen LogP contribution >= 0.6 is 0 Å². The van der Waals surface area contributed by atoms with Gasteiger partial charge in [0.25, 0.3) is 5.91 Å². The van der Waals surface area contributed by atoms with E-state index in [0.29, 0.717) is 34.9 Å². The van der Waals surface area contributed by atoms with Crippen LogP contribution in [0.2, 0.25) is 0 Å². The smallest absolute Gasteiger partial charge is 0.258 e. The van der Waals surface area contributed by atoms with Crippen LogP contribution in [-0.2, 0) is 10.0 Å². The highest BCUT2D eigenvalue weighted by atomic mass is 32.2. The predicted octanol–water partition coefficient (Wildman–Crippen LogP) is 2.05. The van der Waals surface area contributed by atoms with Crippen LogP contribution in [0.25, 0.3) is 10.8 Å². The molecular formula is C19H23N3O3S. The number of hydrogen-bond donors (Lipinski definition) is 1. The quantitative estimate of drug-likeness (QED) is 0.891. The van der Waals surface area contributed by atoms with Gasteiger partial charge in [0, 0.05) is 36.5 Å². The summed E-state index contributed by atoms with van der Waals surface area (Å²) in [5, 5.41) is 4.52. The summed E-state index contributed by atoms with van der Waals surface area (Å²) >= 11 is 0. The van der Waals surface area contributed by atoms with E-state index in [1.807, 2.05) is 7.05 Å². The molecule has 2 heterocycles. The molecule has 2 aromatic rings. The van der Waals surface area contributed by atoms with Gasteiger partial charge in [0.05, 0.1) is 10.6 Å². The Balaban J connectivity index is 1.81. The first-order valence-corrected chi connectivity index (χ1v) is 10.4. The standard InChI is InChI=1S/C19H23N3O3S/c1-20-11-13-5-4-10-22(12-13)26(24,25)17-9-8-16-18-14(17)6-3-7-15(18)19(23)21(16)2/h3,6-9,13,20H,4-5,10-12H2,1-2H3. The number of amides is 1. The highest BCUT2D eigenvalue weighted by Gasteiger charge is 2.34. The van der Waals surface area contributed by atoms with Gasteiger partial charge in [-0.05, 0) is 50.6 Å². The molecule has 1 saturated heterocycles. The highest BCUT2D eigenvalue weighted by molar-refractivity contribution is 7.89. The van der Waals surface area contributed by atoms with Gasteiger partial charge in [-0.15, -0.1) is 0 Å². The van der Waals surface area contributed by atoms with E-state index in [2.05, 4.69) is 5.32 Å². The fourth-order valence-corrected chi connectivity index (χ4v) is 5.92. The fraction of sp³-hybridized carbons (Fsp3) is 0.421. The second kappa shape index (κ2) is 6.33. The molecule has 0 spiro atoms. The Kier molecular flexibility index (Phi) is 4.25. The van der Waals surface area contributed by atoms with Gasteiger partial charge in [-0.1, -0.05) is 12.1 Å². The minimum atomic E-state index is -3.60. The zero-order chi connectivity index (χ0) is 18.5. The second-order valence-electron chi connectivity index (χ2n) is 7.10. The van der Waals surface area contributed by atoms with E-state index < -0.39 is 10.0 Å². The largest absolute Gasteiger partial charge is 0.319 e. The Morgan fingerprint density at radius 2 is 2.04 bits per heavy atom. The predicted molar refractivity (Wildman–Crippen MR) is 102 cm³/mol. The molecule has 4 rings (SSSR count). The second-order valence-corrected chi connectivity index (χ2v) is 9.01. The van der Waals surface area contributed by atoms with Gasteiger partial charge in [-0.25, -0.2) is 8.42 Å². The lowest BCUT2D eigenvalue weighted by Crippen LogP contribution is -2.42. The first-order chi connectivity index (χ1) is 12.4. The van der Waals surface area contributed by atoms with Crippen molar-refractivity contribution in [2.75, 3.05) is 38.6 Å². The molecule has 2 aromatic carbocycles. The molecule has 138 valence electrons. The molecule has 0 saturated carbocycles. The Hall–Kier alpha value is -1.96. The molecule has 1 atom stereocenters. The Bertz CT molecular complexity index is 985. The summed E-state index contributed by atoms with van der Waals surface area (Å²) in [6.07, 6.45) is 1.91. The van der Waals surface area contributed by atoms with Gasteiger partial charge in [-0.2, -0.15) is 4.31 Å². The van der Waals surface area contributed by atoms with E-state index in [-0.39, 0.29) is 5.91 Å². The minimum absolute atomic E-state index is 0.0906. The molecule has 0 radical (unpaired) electrons. The van der Waals surface area contributed by atoms with E-state index in [1.165, 1.54) is 0 Å². The maximum Gasteiger partial charge on any atom is 0.258 e. The van der Waals surface area contributed by atoms with Crippen molar-refractivity contribution in [1.82, 2.24) is 9.62 Å². The van der Waals surface area contributed by atoms with E-state index in [1.54, 1.807) is 46.6 Å². The van der Waals surface area contributed by atoms with Crippen molar-refractivity contribution in [3.05, 3.63) is 35.9 Å². The molecule has 2 aliphatic rings. The summed E-state index contributed by atoms with van der Waals surface area (Å²) < 4.78 is 28.3. The van der Waals surface area contributed by atoms with E-state index in [0.717, 1.165) is 30.5 Å². The van der Waals surface area contributed by atoms with Crippen molar-refractivity contribution in [3.63, 3.8) is 0 Å². The third-order valence-corrected chi connectivity index (χ3v) is 7.39. The Labute approximate surface area is 153 Å². The van der Waals surface area contributed by atoms with Crippen molar-refractivity contribution in [1.29, 1.82) is 0 Å². The Morgan fingerprint density at radius 1 is 1.23 bits per heavy atom. The number of carbonyl (C=O) groups is 1. The van der Waals surface area contributed by atoms with Crippen LogP contribution in [0.15, 0.2) is 35.2 Å². The summed E-state index contributed by atoms with van der Waals surface area (Å²) in [6, 6.07) is 8.72. The zero-order valence-electron chi connectivity index (χ0n) is 15.0. The number of rotatable bonds is 4. The molecule has 1 amide bonds. The van der Waals surface area contributed by atoms with Crippen LogP contribution < -0.4 is 10.2 Å². The van der Waals surface area contributed by atoms with Crippen molar-refractivity contribution in [2.45, 2.75) is 17.7 Å². The maximum absolute atomic E-state index is 13.4. The molecule has 0 bridgehead atoms. The molecule has 0 aliphatic carbocycles. The molecule has 7 heteroatoms. The van der Waals surface area contributed by atoms with Gasteiger partial charge >= 0.3 is 0 Å². The SMILES string of the molecule is CNCC1CCCN(S(=O)(=O)c2ccc3c4c(cccc24)C(=O)N3C)C1. The number of piperidine rings is 1. The Morgan fingerprint density at radius 3 is 2.81 bits per heavy atom. The van der Waals surface area contributed by atoms with Gasteiger partial charge < -0.3 is 10.2 Å². The molecule has 6 nitrogen and oxygen atoms in total. The molecule has 1 N–H and O–H groups in total. The van der Waals surface area contributed by atoms with Crippen LogP contribution in [0.3, 0.4) is 0 Å². The fourth-order valence-electron chi connectivity index (χ4n) is 4.17. The molecule has 0 aromatic heterocycles. The molecule has 1 fully saturated rings. The number of hydrogen-bond acceptors (Lipinski definition) is 4. The maximum atomic E-state index is 13.4. The monoisotopic (exact) mass is 373 g/mol. The van der Waals surface area contributed by atoms with Crippen LogP contribution in [-0.4, -0.2) is 52.4 Å². The summed E-state index contributed by atoms with van der Waals surface area (Å²) in [4.78, 5) is 14.3. The molecule has 26 heavy (non-hydrogen) atoms. The normalized spacial score (nSPS) is 20.9. The summed E-state index contributed by atoms with van der Waals surface area (Å²) in [5.41, 5.74) is 1.34. The van der Waals surface area contributed by atoms with Gasteiger partial charge in [0.2, 0.25) is 10.0 Å². The van der Waals surface area contributed by atoms with Crippen molar-refractivity contribution < 1.29 is 13.2 Å². The minimum Gasteiger partial charge on any atom is -0.319 e. The van der Waals surface area contributed by atoms with Gasteiger partial charge in [0.15, 0.2) is 0 Å². The lowest BCUT2D eigenvalue weighted by molar-refractivity contribution is 0.0999. The van der Waals surface area contributed by atoms with Gasteiger partial charge in [-0.3, -0.25) is 4.79 Å². The third-order valence-electron chi connectivity index (χ3n) is 5.47. The van der Waals surface area contributed by atoms with Gasteiger partial charge in [0.1, 0.15) is 0 Å². The lowest BCUT2D eigenvalue weighted by Gasteiger charge is -2.32. The number of anilines is 1. The third kappa shape index (κ3) is 2.53. The number of benzene rings is 2. The van der Waals surface area contributed by atoms with E-state index >= 15 is 0 Å². The summed E-state index contributed by atoms with van der Waals surface area (Å²) in [5.74, 6) is 0.236. The van der Waals surface area contributed by atoms with Crippen LogP contribution in [0.1, 0.15) is 23.2 Å². The number of sulfonamides is 1. The average Bonchev–Trinajstić information content (AvgIpc) is 2.89. The summed E-state index contributed by atoms with van der Waals surface area (Å²) in [6.45, 7) is 1.89. The summed E-state index contributed by atoms with van der Waals surface area (Å²) in [7, 11) is 0.00874. The zero-order valence-corrected chi connectivity index (χ0v) is 15.8. The van der Waals surface area contributed by atoms with Crippen molar-refractivity contribution in [3.8, 4) is 0 Å². The number of carbonyl (C=O) groups excluding carboxylic acids is 1. The first-order valence-electron chi connectivity index (χ1n) is 8.93. The van der Waals surface area contributed by atoms with Crippen LogP contribution in [0.5, 0.6) is 0 Å². The molecule has 1 unspecified atom stereocenters. The number of nitrogens with zero attached hydrogens (tertiary/aromatic N) is 2. The van der Waals surface area contributed by atoms with E-state index in [4.69, 9.17) is 0 Å².